The van der Waals surface area contributed by atoms with Crippen LogP contribution in [0.1, 0.15) is 43.2 Å². The molecule has 1 unspecified atom stereocenters. The predicted molar refractivity (Wildman–Crippen MR) is 93.2 cm³/mol. The lowest BCUT2D eigenvalue weighted by Gasteiger charge is -2.24. The molecule has 0 spiro atoms. The van der Waals surface area contributed by atoms with Gasteiger partial charge in [-0.3, -0.25) is 9.48 Å². The maximum atomic E-state index is 12.7. The molecule has 1 aliphatic rings. The van der Waals surface area contributed by atoms with Crippen molar-refractivity contribution in [1.29, 1.82) is 0 Å². The van der Waals surface area contributed by atoms with Gasteiger partial charge in [-0.15, -0.1) is 12.4 Å². The van der Waals surface area contributed by atoms with E-state index in [1.807, 2.05) is 21.8 Å². The minimum atomic E-state index is -0.00623. The Morgan fingerprint density at radius 3 is 2.96 bits per heavy atom. The number of ether oxygens (including phenoxy) is 1. The molecule has 23 heavy (non-hydrogen) atoms. The lowest BCUT2D eigenvalue weighted by Crippen LogP contribution is -2.37. The van der Waals surface area contributed by atoms with Crippen LogP contribution in [0.25, 0.3) is 0 Å². The molecule has 7 heteroatoms. The molecule has 0 saturated carbocycles. The lowest BCUT2D eigenvalue weighted by atomic mass is 10.1. The van der Waals surface area contributed by atoms with Crippen LogP contribution in [-0.2, 0) is 4.74 Å². The van der Waals surface area contributed by atoms with E-state index in [-0.39, 0.29) is 18.3 Å². The predicted octanol–water partition coefficient (Wildman–Crippen LogP) is 1.97. The van der Waals surface area contributed by atoms with Crippen LogP contribution < -0.4 is 5.32 Å². The minimum Gasteiger partial charge on any atom is -0.383 e. The molecule has 1 aromatic rings. The second-order valence-corrected chi connectivity index (χ2v) is 6.32. The molecular formula is C16H29ClN4O2. The highest BCUT2D eigenvalue weighted by atomic mass is 35.5. The van der Waals surface area contributed by atoms with Crippen molar-refractivity contribution in [1.82, 2.24) is 20.0 Å². The van der Waals surface area contributed by atoms with Gasteiger partial charge in [0.15, 0.2) is 0 Å². The third-order valence-electron chi connectivity index (χ3n) is 3.91. The standard InChI is InChI=1S/C16H28N4O2.ClH/c1-13(2)12-19(9-10-22-3)16(21)15-6-8-20(18-15)14-5-4-7-17-11-14;/h6,8,13-14,17H,4-5,7,9-12H2,1-3H3;1H. The van der Waals surface area contributed by atoms with E-state index in [4.69, 9.17) is 4.74 Å². The average Bonchev–Trinajstić information content (AvgIpc) is 3.01. The Morgan fingerprint density at radius 2 is 2.35 bits per heavy atom. The van der Waals surface area contributed by atoms with Crippen LogP contribution in [0.4, 0.5) is 0 Å². The van der Waals surface area contributed by atoms with Crippen LogP contribution in [0.15, 0.2) is 12.3 Å². The van der Waals surface area contributed by atoms with Gasteiger partial charge in [0.05, 0.1) is 12.6 Å². The quantitative estimate of drug-likeness (QED) is 0.821. The highest BCUT2D eigenvalue weighted by Gasteiger charge is 2.21. The number of halogens is 1. The summed E-state index contributed by atoms with van der Waals surface area (Å²) in [5, 5.41) is 7.89. The molecule has 0 radical (unpaired) electrons. The summed E-state index contributed by atoms with van der Waals surface area (Å²) in [5.74, 6) is 0.415. The van der Waals surface area contributed by atoms with E-state index in [9.17, 15) is 4.79 Å². The molecule has 132 valence electrons. The first-order chi connectivity index (χ1) is 10.6. The fourth-order valence-corrected chi connectivity index (χ4v) is 2.79. The number of carbonyl (C=O) groups excluding carboxylic acids is 1. The van der Waals surface area contributed by atoms with Crippen LogP contribution in [0.2, 0.25) is 0 Å². The van der Waals surface area contributed by atoms with Gasteiger partial charge in [-0.25, -0.2) is 0 Å². The Balaban J connectivity index is 0.00000264. The van der Waals surface area contributed by atoms with Gasteiger partial charge in [0.25, 0.3) is 5.91 Å². The van der Waals surface area contributed by atoms with Crippen LogP contribution in [-0.4, -0.2) is 60.5 Å². The van der Waals surface area contributed by atoms with E-state index in [2.05, 4.69) is 24.3 Å². The van der Waals surface area contributed by atoms with Gasteiger partial charge in [-0.2, -0.15) is 5.10 Å². The van der Waals surface area contributed by atoms with Gasteiger partial charge >= 0.3 is 0 Å². The largest absolute Gasteiger partial charge is 0.383 e. The Hall–Kier alpha value is -1.11. The third kappa shape index (κ3) is 5.79. The van der Waals surface area contributed by atoms with E-state index < -0.39 is 0 Å². The first-order valence-electron chi connectivity index (χ1n) is 8.16. The van der Waals surface area contributed by atoms with E-state index in [0.717, 1.165) is 32.5 Å². The summed E-state index contributed by atoms with van der Waals surface area (Å²) in [6.07, 6.45) is 4.19. The summed E-state index contributed by atoms with van der Waals surface area (Å²) in [4.78, 5) is 14.5. The summed E-state index contributed by atoms with van der Waals surface area (Å²) in [7, 11) is 1.66. The highest BCUT2D eigenvalue weighted by molar-refractivity contribution is 5.92. The van der Waals surface area contributed by atoms with Crippen molar-refractivity contribution < 1.29 is 9.53 Å². The third-order valence-corrected chi connectivity index (χ3v) is 3.91. The van der Waals surface area contributed by atoms with Crippen molar-refractivity contribution in [3.8, 4) is 0 Å². The molecule has 1 N–H and O–H groups in total. The number of piperidine rings is 1. The van der Waals surface area contributed by atoms with Gasteiger partial charge in [-0.05, 0) is 31.4 Å². The van der Waals surface area contributed by atoms with Crippen molar-refractivity contribution in [3.63, 3.8) is 0 Å². The summed E-state index contributed by atoms with van der Waals surface area (Å²) < 4.78 is 7.05. The Labute approximate surface area is 145 Å². The molecular weight excluding hydrogens is 316 g/mol. The maximum Gasteiger partial charge on any atom is 0.274 e. The number of carbonyl (C=O) groups is 1. The maximum absolute atomic E-state index is 12.7. The molecule has 2 rings (SSSR count). The molecule has 0 aromatic carbocycles. The second kappa shape index (κ2) is 9.90. The fraction of sp³-hybridized carbons (Fsp3) is 0.750. The zero-order chi connectivity index (χ0) is 15.9. The molecule has 1 saturated heterocycles. The molecule has 6 nitrogen and oxygen atoms in total. The number of methoxy groups -OCH3 is 1. The van der Waals surface area contributed by atoms with E-state index >= 15 is 0 Å². The topological polar surface area (TPSA) is 59.4 Å². The SMILES string of the molecule is COCCN(CC(C)C)C(=O)c1ccn(C2CCCNC2)n1.Cl. The van der Waals surface area contributed by atoms with Crippen LogP contribution in [0.5, 0.6) is 0 Å². The van der Waals surface area contributed by atoms with Gasteiger partial charge in [0.2, 0.25) is 0 Å². The zero-order valence-electron chi connectivity index (χ0n) is 14.3. The van der Waals surface area contributed by atoms with Gasteiger partial charge in [-0.1, -0.05) is 13.8 Å². The van der Waals surface area contributed by atoms with Crippen molar-refractivity contribution >= 4 is 18.3 Å². The van der Waals surface area contributed by atoms with Crippen molar-refractivity contribution in [2.24, 2.45) is 5.92 Å². The molecule has 1 atom stereocenters. The molecule has 1 aliphatic heterocycles. The fourth-order valence-electron chi connectivity index (χ4n) is 2.79. The first kappa shape index (κ1) is 19.9. The summed E-state index contributed by atoms with van der Waals surface area (Å²) in [6.45, 7) is 8.09. The number of hydrogen-bond donors (Lipinski definition) is 1. The van der Waals surface area contributed by atoms with Crippen LogP contribution in [0.3, 0.4) is 0 Å². The molecule has 2 heterocycles. The summed E-state index contributed by atoms with van der Waals surface area (Å²) in [5.41, 5.74) is 0.530. The monoisotopic (exact) mass is 344 g/mol. The molecule has 0 bridgehead atoms. The lowest BCUT2D eigenvalue weighted by molar-refractivity contribution is 0.0665. The number of hydrogen-bond acceptors (Lipinski definition) is 4. The molecule has 1 amide bonds. The molecule has 1 fully saturated rings. The van der Waals surface area contributed by atoms with Gasteiger partial charge in [0.1, 0.15) is 5.69 Å². The van der Waals surface area contributed by atoms with Crippen molar-refractivity contribution in [2.45, 2.75) is 32.7 Å². The minimum absolute atomic E-state index is 0. The molecule has 0 aliphatic carbocycles. The Kier molecular flexibility index (Phi) is 8.58. The number of aromatic nitrogens is 2. The smallest absolute Gasteiger partial charge is 0.274 e. The summed E-state index contributed by atoms with van der Waals surface area (Å²) in [6, 6.07) is 2.18. The highest BCUT2D eigenvalue weighted by Crippen LogP contribution is 2.16. The summed E-state index contributed by atoms with van der Waals surface area (Å²) >= 11 is 0. The number of amides is 1. The van der Waals surface area contributed by atoms with Gasteiger partial charge < -0.3 is 15.0 Å². The Morgan fingerprint density at radius 1 is 1.57 bits per heavy atom. The van der Waals surface area contributed by atoms with Crippen molar-refractivity contribution in [2.75, 3.05) is 39.9 Å². The number of nitrogens with one attached hydrogen (secondary N) is 1. The van der Waals surface area contributed by atoms with Gasteiger partial charge in [0, 0.05) is 32.9 Å². The average molecular weight is 345 g/mol. The van der Waals surface area contributed by atoms with Crippen LogP contribution in [0, 0.1) is 5.92 Å². The second-order valence-electron chi connectivity index (χ2n) is 6.32. The van der Waals surface area contributed by atoms with E-state index in [0.29, 0.717) is 30.8 Å². The first-order valence-corrected chi connectivity index (χ1v) is 8.16. The Bertz CT molecular complexity index is 472. The van der Waals surface area contributed by atoms with E-state index in [1.165, 1.54) is 0 Å². The van der Waals surface area contributed by atoms with E-state index in [1.54, 1.807) is 7.11 Å². The normalized spacial score (nSPS) is 17.8. The molecule has 1 aromatic heterocycles. The zero-order valence-corrected chi connectivity index (χ0v) is 15.1. The number of rotatable bonds is 7. The number of nitrogens with zero attached hydrogens (tertiary/aromatic N) is 3. The van der Waals surface area contributed by atoms with Crippen molar-refractivity contribution in [3.05, 3.63) is 18.0 Å². The van der Waals surface area contributed by atoms with Crippen LogP contribution >= 0.6 is 12.4 Å².